The first-order valence-electron chi connectivity index (χ1n) is 6.15. The van der Waals surface area contributed by atoms with Gasteiger partial charge in [-0.3, -0.25) is 4.79 Å². The zero-order chi connectivity index (χ0) is 12.5. The van der Waals surface area contributed by atoms with E-state index in [2.05, 4.69) is 9.97 Å². The Morgan fingerprint density at radius 1 is 1.33 bits per heavy atom. The maximum absolute atomic E-state index is 12.6. The average molecular weight is 251 g/mol. The van der Waals surface area contributed by atoms with Crippen molar-refractivity contribution in [2.24, 2.45) is 5.92 Å². The molecule has 1 aliphatic heterocycles. The highest BCUT2D eigenvalue weighted by Gasteiger charge is 2.37. The lowest BCUT2D eigenvalue weighted by Crippen LogP contribution is -2.32. The van der Waals surface area contributed by atoms with E-state index >= 15 is 0 Å². The van der Waals surface area contributed by atoms with E-state index in [1.54, 1.807) is 0 Å². The van der Waals surface area contributed by atoms with Crippen molar-refractivity contribution >= 4 is 5.91 Å². The molecule has 96 valence electrons. The molecule has 6 heteroatoms. The number of carbonyl (C=O) groups is 1. The van der Waals surface area contributed by atoms with Crippen LogP contribution in [-0.2, 0) is 4.79 Å². The minimum Gasteiger partial charge on any atom is -0.458 e. The molecule has 1 saturated heterocycles. The maximum atomic E-state index is 12.6. The molecule has 0 spiro atoms. The summed E-state index contributed by atoms with van der Waals surface area (Å²) in [5, 5.41) is 0. The third kappa shape index (κ3) is 2.42. The Labute approximate surface area is 104 Å². The van der Waals surface area contributed by atoms with E-state index in [0.717, 1.165) is 38.2 Å². The van der Waals surface area contributed by atoms with E-state index in [9.17, 15) is 9.18 Å². The summed E-state index contributed by atoms with van der Waals surface area (Å²) in [6.45, 7) is 1.30. The highest BCUT2D eigenvalue weighted by molar-refractivity contribution is 5.81. The molecule has 0 unspecified atom stereocenters. The predicted octanol–water partition coefficient (Wildman–Crippen LogP) is 1.01. The summed E-state index contributed by atoms with van der Waals surface area (Å²) in [6, 6.07) is 0.169. The van der Waals surface area contributed by atoms with Gasteiger partial charge in [0.1, 0.15) is 6.10 Å². The van der Waals surface area contributed by atoms with Crippen LogP contribution in [0, 0.1) is 11.7 Å². The van der Waals surface area contributed by atoms with E-state index in [0.29, 0.717) is 6.54 Å². The molecule has 1 aliphatic carbocycles. The van der Waals surface area contributed by atoms with E-state index < -0.39 is 5.82 Å². The van der Waals surface area contributed by atoms with Crippen molar-refractivity contribution in [3.05, 3.63) is 18.2 Å². The van der Waals surface area contributed by atoms with Gasteiger partial charge in [0, 0.05) is 18.9 Å². The Morgan fingerprint density at radius 2 is 2.06 bits per heavy atom. The number of nitrogens with zero attached hydrogens (tertiary/aromatic N) is 3. The van der Waals surface area contributed by atoms with E-state index in [1.165, 1.54) is 0 Å². The molecule has 0 aromatic carbocycles. The second-order valence-corrected chi connectivity index (χ2v) is 4.77. The average Bonchev–Trinajstić information content (AvgIpc) is 3.12. The van der Waals surface area contributed by atoms with Crippen molar-refractivity contribution < 1.29 is 13.9 Å². The van der Waals surface area contributed by atoms with Crippen LogP contribution >= 0.6 is 0 Å². The van der Waals surface area contributed by atoms with E-state index in [1.807, 2.05) is 4.90 Å². The van der Waals surface area contributed by atoms with Gasteiger partial charge in [-0.1, -0.05) is 0 Å². The number of aromatic nitrogens is 2. The summed E-state index contributed by atoms with van der Waals surface area (Å²) in [5.74, 6) is -0.00810. The molecule has 18 heavy (non-hydrogen) atoms. The van der Waals surface area contributed by atoms with Crippen molar-refractivity contribution in [3.8, 4) is 6.01 Å². The van der Waals surface area contributed by atoms with Gasteiger partial charge >= 0.3 is 6.01 Å². The Balaban J connectivity index is 1.55. The Morgan fingerprint density at radius 3 is 2.72 bits per heavy atom. The number of ether oxygens (including phenoxy) is 1. The number of hydrogen-bond donors (Lipinski definition) is 0. The van der Waals surface area contributed by atoms with Gasteiger partial charge in [-0.15, -0.1) is 0 Å². The first-order chi connectivity index (χ1) is 8.72. The maximum Gasteiger partial charge on any atom is 0.316 e. The van der Waals surface area contributed by atoms with Crippen LogP contribution in [-0.4, -0.2) is 40.0 Å². The summed E-state index contributed by atoms with van der Waals surface area (Å²) in [4.78, 5) is 21.2. The normalized spacial score (nSPS) is 23.2. The molecule has 1 aromatic heterocycles. The van der Waals surface area contributed by atoms with E-state index in [4.69, 9.17) is 4.74 Å². The molecule has 0 N–H and O–H groups in total. The molecule has 1 saturated carbocycles. The van der Waals surface area contributed by atoms with Gasteiger partial charge in [0.25, 0.3) is 0 Å². The molecule has 2 heterocycles. The number of likely N-dealkylation sites (tertiary alicyclic amines) is 1. The molecule has 1 aromatic rings. The lowest BCUT2D eigenvalue weighted by molar-refractivity contribution is -0.131. The number of amides is 1. The van der Waals surface area contributed by atoms with Crippen LogP contribution in [0.4, 0.5) is 4.39 Å². The second kappa shape index (κ2) is 4.51. The molecule has 0 radical (unpaired) electrons. The summed E-state index contributed by atoms with van der Waals surface area (Å²) in [6.07, 6.45) is 4.87. The topological polar surface area (TPSA) is 55.3 Å². The number of rotatable bonds is 3. The van der Waals surface area contributed by atoms with Gasteiger partial charge in [-0.2, -0.15) is 0 Å². The van der Waals surface area contributed by atoms with Gasteiger partial charge in [-0.25, -0.2) is 14.4 Å². The van der Waals surface area contributed by atoms with Crippen LogP contribution in [0.5, 0.6) is 6.01 Å². The minimum absolute atomic E-state index is 0.0850. The monoisotopic (exact) mass is 251 g/mol. The first kappa shape index (κ1) is 11.4. The molecule has 2 fully saturated rings. The number of carbonyl (C=O) groups excluding carboxylic acids is 1. The van der Waals surface area contributed by atoms with Crippen LogP contribution < -0.4 is 4.74 Å². The largest absolute Gasteiger partial charge is 0.458 e. The zero-order valence-electron chi connectivity index (χ0n) is 9.88. The molecule has 3 rings (SSSR count). The zero-order valence-corrected chi connectivity index (χ0v) is 9.88. The fraction of sp³-hybridized carbons (Fsp3) is 0.583. The highest BCUT2D eigenvalue weighted by Crippen LogP contribution is 2.32. The van der Waals surface area contributed by atoms with Crippen LogP contribution in [0.1, 0.15) is 19.3 Å². The predicted molar refractivity (Wildman–Crippen MR) is 60.3 cm³/mol. The van der Waals surface area contributed by atoms with Crippen molar-refractivity contribution in [1.82, 2.24) is 14.9 Å². The van der Waals surface area contributed by atoms with Crippen LogP contribution in [0.2, 0.25) is 0 Å². The first-order valence-corrected chi connectivity index (χ1v) is 6.15. The third-order valence-electron chi connectivity index (χ3n) is 3.25. The Hall–Kier alpha value is -1.72. The van der Waals surface area contributed by atoms with E-state index in [-0.39, 0.29) is 23.9 Å². The molecule has 1 amide bonds. The third-order valence-corrected chi connectivity index (χ3v) is 3.25. The highest BCUT2D eigenvalue weighted by atomic mass is 19.1. The summed E-state index contributed by atoms with van der Waals surface area (Å²) < 4.78 is 18.2. The quantitative estimate of drug-likeness (QED) is 0.804. The van der Waals surface area contributed by atoms with Gasteiger partial charge in [-0.05, 0) is 12.8 Å². The summed E-state index contributed by atoms with van der Waals surface area (Å²) >= 11 is 0. The molecule has 2 aliphatic rings. The molecule has 0 bridgehead atoms. The van der Waals surface area contributed by atoms with Crippen LogP contribution in [0.25, 0.3) is 0 Å². The van der Waals surface area contributed by atoms with Crippen LogP contribution in [0.15, 0.2) is 12.4 Å². The van der Waals surface area contributed by atoms with Crippen molar-refractivity contribution in [3.63, 3.8) is 0 Å². The standard InChI is InChI=1S/C12H14FN3O2/c13-9-5-14-12(15-6-9)18-10-3-4-16(7-10)11(17)8-1-2-8/h5-6,8,10H,1-4,7H2/t10-/m1/s1. The fourth-order valence-corrected chi connectivity index (χ4v) is 2.12. The molecule has 5 nitrogen and oxygen atoms in total. The van der Waals surface area contributed by atoms with Gasteiger partial charge < -0.3 is 9.64 Å². The van der Waals surface area contributed by atoms with Gasteiger partial charge in [0.15, 0.2) is 5.82 Å². The second-order valence-electron chi connectivity index (χ2n) is 4.77. The van der Waals surface area contributed by atoms with Crippen molar-refractivity contribution in [1.29, 1.82) is 0 Å². The Bertz CT molecular complexity index is 447. The lowest BCUT2D eigenvalue weighted by atomic mass is 10.3. The fourth-order valence-electron chi connectivity index (χ4n) is 2.12. The summed E-state index contributed by atoms with van der Waals surface area (Å²) in [7, 11) is 0. The van der Waals surface area contributed by atoms with Crippen molar-refractivity contribution in [2.75, 3.05) is 13.1 Å². The molecular weight excluding hydrogens is 237 g/mol. The minimum atomic E-state index is -0.487. The Kier molecular flexibility index (Phi) is 2.85. The lowest BCUT2D eigenvalue weighted by Gasteiger charge is -2.16. The molecular formula is C12H14FN3O2. The van der Waals surface area contributed by atoms with Crippen molar-refractivity contribution in [2.45, 2.75) is 25.4 Å². The number of hydrogen-bond acceptors (Lipinski definition) is 4. The SMILES string of the molecule is O=C(C1CC1)N1CC[C@@H](Oc2ncc(F)cn2)C1. The van der Waals surface area contributed by atoms with Gasteiger partial charge in [0.2, 0.25) is 5.91 Å². The molecule has 1 atom stereocenters. The summed E-state index contributed by atoms with van der Waals surface area (Å²) in [5.41, 5.74) is 0. The smallest absolute Gasteiger partial charge is 0.316 e. The number of halogens is 1. The van der Waals surface area contributed by atoms with Crippen LogP contribution in [0.3, 0.4) is 0 Å². The van der Waals surface area contributed by atoms with Gasteiger partial charge in [0.05, 0.1) is 18.9 Å².